The number of aryl methyl sites for hydroxylation is 2. The van der Waals surface area contributed by atoms with Gasteiger partial charge in [0.15, 0.2) is 5.82 Å². The summed E-state index contributed by atoms with van der Waals surface area (Å²) in [6.45, 7) is 10.3. The molecule has 0 aliphatic rings. The van der Waals surface area contributed by atoms with Crippen molar-refractivity contribution in [2.24, 2.45) is 0 Å². The maximum absolute atomic E-state index is 12.1. The van der Waals surface area contributed by atoms with Gasteiger partial charge in [-0.05, 0) is 40.2 Å². The fourth-order valence-corrected chi connectivity index (χ4v) is 3.19. The molecule has 0 aliphatic carbocycles. The maximum atomic E-state index is 12.1. The first-order valence-corrected chi connectivity index (χ1v) is 7.06. The lowest BCUT2D eigenvalue weighted by molar-refractivity contribution is -0.720. The number of fused-ring (bicyclic) bond motifs is 1. The Kier molecular flexibility index (Phi) is 3.54. The van der Waals surface area contributed by atoms with Crippen LogP contribution in [0.2, 0.25) is 0 Å². The van der Waals surface area contributed by atoms with Gasteiger partial charge in [0, 0.05) is 4.88 Å². The van der Waals surface area contributed by atoms with Crippen LogP contribution in [0.4, 0.5) is 0 Å². The summed E-state index contributed by atoms with van der Waals surface area (Å²) >= 11 is 1.60. The number of aromatic nitrogens is 2. The average molecular weight is 266 g/mol. The van der Waals surface area contributed by atoms with Crippen LogP contribution in [-0.2, 0) is 0 Å². The van der Waals surface area contributed by atoms with E-state index in [2.05, 4.69) is 36.1 Å². The summed E-state index contributed by atoms with van der Waals surface area (Å²) in [5, 5.41) is 2.94. The van der Waals surface area contributed by atoms with Gasteiger partial charge in [-0.15, -0.1) is 11.3 Å². The molecule has 0 amide bonds. The molecular weight excluding hydrogens is 246 g/mol. The van der Waals surface area contributed by atoms with Gasteiger partial charge in [-0.1, -0.05) is 0 Å². The first-order valence-electron chi connectivity index (χ1n) is 6.25. The second-order valence-electron chi connectivity index (χ2n) is 5.14. The third-order valence-corrected chi connectivity index (χ3v) is 4.26. The number of H-pyrrole nitrogens is 1. The van der Waals surface area contributed by atoms with Crippen LogP contribution < -0.4 is 10.9 Å². The van der Waals surface area contributed by atoms with Gasteiger partial charge in [0.1, 0.15) is 10.9 Å². The molecule has 0 fully saturated rings. The molecule has 4 nitrogen and oxygen atoms in total. The molecule has 0 bridgehead atoms. The van der Waals surface area contributed by atoms with Crippen LogP contribution in [0.1, 0.15) is 43.1 Å². The molecule has 0 saturated carbocycles. The minimum atomic E-state index is -0.0131. The second kappa shape index (κ2) is 4.82. The van der Waals surface area contributed by atoms with E-state index in [0.29, 0.717) is 6.04 Å². The fraction of sp³-hybridized carbons (Fsp3) is 0.538. The zero-order valence-electron chi connectivity index (χ0n) is 11.5. The highest BCUT2D eigenvalue weighted by Gasteiger charge is 2.17. The smallest absolute Gasteiger partial charge is 0.260 e. The molecule has 0 saturated heterocycles. The summed E-state index contributed by atoms with van der Waals surface area (Å²) in [6, 6.07) is 0.651. The highest BCUT2D eigenvalue weighted by Crippen LogP contribution is 2.26. The Bertz CT molecular complexity index is 627. The zero-order valence-corrected chi connectivity index (χ0v) is 12.3. The number of nitrogens with zero attached hydrogens (tertiary/aromatic N) is 1. The summed E-state index contributed by atoms with van der Waals surface area (Å²) in [5.74, 6) is 0.766. The van der Waals surface area contributed by atoms with Crippen LogP contribution >= 0.6 is 11.3 Å². The van der Waals surface area contributed by atoms with Gasteiger partial charge >= 0.3 is 0 Å². The Morgan fingerprint density at radius 1 is 1.28 bits per heavy atom. The van der Waals surface area contributed by atoms with Crippen molar-refractivity contribution in [2.45, 2.75) is 46.7 Å². The predicted molar refractivity (Wildman–Crippen MR) is 75.2 cm³/mol. The van der Waals surface area contributed by atoms with Gasteiger partial charge in [0.05, 0.1) is 11.4 Å². The summed E-state index contributed by atoms with van der Waals surface area (Å²) in [5.41, 5.74) is 1.04. The number of quaternary nitrogens is 1. The Balaban J connectivity index is 2.53. The van der Waals surface area contributed by atoms with Gasteiger partial charge < -0.3 is 10.3 Å². The normalized spacial score (nSPS) is 13.4. The van der Waals surface area contributed by atoms with Crippen molar-refractivity contribution in [1.29, 1.82) is 0 Å². The molecule has 98 valence electrons. The number of nitrogens with two attached hydrogens (primary N) is 1. The topological polar surface area (TPSA) is 62.4 Å². The quantitative estimate of drug-likeness (QED) is 0.887. The number of nitrogens with one attached hydrogen (secondary N) is 1. The Labute approximate surface area is 110 Å². The van der Waals surface area contributed by atoms with Crippen LogP contribution in [0.25, 0.3) is 10.2 Å². The molecule has 0 radical (unpaired) electrons. The molecule has 2 aromatic rings. The molecule has 18 heavy (non-hydrogen) atoms. The summed E-state index contributed by atoms with van der Waals surface area (Å²) in [7, 11) is 0. The lowest BCUT2D eigenvalue weighted by Crippen LogP contribution is -2.89. The van der Waals surface area contributed by atoms with Crippen LogP contribution in [-0.4, -0.2) is 16.0 Å². The summed E-state index contributed by atoms with van der Waals surface area (Å²) in [4.78, 5) is 21.7. The first kappa shape index (κ1) is 13.2. The zero-order chi connectivity index (χ0) is 13.4. The van der Waals surface area contributed by atoms with Crippen molar-refractivity contribution >= 4 is 21.6 Å². The molecule has 3 N–H and O–H groups in total. The number of hydrogen-bond acceptors (Lipinski definition) is 3. The van der Waals surface area contributed by atoms with Gasteiger partial charge in [-0.2, -0.15) is 0 Å². The molecule has 1 atom stereocenters. The predicted octanol–water partition coefficient (Wildman–Crippen LogP) is 1.63. The third kappa shape index (κ3) is 2.33. The molecule has 5 heteroatoms. The van der Waals surface area contributed by atoms with Crippen LogP contribution in [0.15, 0.2) is 4.79 Å². The van der Waals surface area contributed by atoms with Crippen molar-refractivity contribution in [1.82, 2.24) is 9.97 Å². The summed E-state index contributed by atoms with van der Waals surface area (Å²) in [6.07, 6.45) is 0. The molecule has 0 aliphatic heterocycles. The number of aromatic amines is 1. The molecule has 0 aromatic carbocycles. The van der Waals surface area contributed by atoms with E-state index in [1.165, 1.54) is 4.88 Å². The standard InChI is InChI=1S/C13H19N3OS/c1-6(2)14-8(4)11-15-12(17)10-7(3)9(5)18-13(10)16-11/h6,8,14H,1-5H3,(H,15,16,17)/p+1/t8-/m0/s1. The van der Waals surface area contributed by atoms with Gasteiger partial charge in [0.25, 0.3) is 5.56 Å². The van der Waals surface area contributed by atoms with E-state index in [1.54, 1.807) is 11.3 Å². The van der Waals surface area contributed by atoms with E-state index in [0.717, 1.165) is 21.6 Å². The highest BCUT2D eigenvalue weighted by molar-refractivity contribution is 7.18. The molecule has 0 spiro atoms. The minimum absolute atomic E-state index is 0.0131. The molecule has 2 heterocycles. The number of thiophene rings is 1. The number of hydrogen-bond donors (Lipinski definition) is 2. The van der Waals surface area contributed by atoms with E-state index in [1.807, 2.05) is 13.8 Å². The SMILES string of the molecule is Cc1sc2nc([C@H](C)[NH2+]C(C)C)[nH]c(=O)c2c1C. The minimum Gasteiger partial charge on any atom is -0.336 e. The summed E-state index contributed by atoms with van der Waals surface area (Å²) < 4.78 is 0. The lowest BCUT2D eigenvalue weighted by Gasteiger charge is -2.12. The van der Waals surface area contributed by atoms with Crippen molar-refractivity contribution < 1.29 is 5.32 Å². The average Bonchev–Trinajstić information content (AvgIpc) is 2.54. The first-order chi connectivity index (χ1) is 8.40. The van der Waals surface area contributed by atoms with Crippen molar-refractivity contribution in [2.75, 3.05) is 0 Å². The Morgan fingerprint density at radius 3 is 2.56 bits per heavy atom. The molecule has 2 rings (SSSR count). The van der Waals surface area contributed by atoms with E-state index < -0.39 is 0 Å². The van der Waals surface area contributed by atoms with Crippen LogP contribution in [0, 0.1) is 13.8 Å². The second-order valence-corrected chi connectivity index (χ2v) is 6.34. The largest absolute Gasteiger partial charge is 0.336 e. The molecule has 2 aromatic heterocycles. The van der Waals surface area contributed by atoms with E-state index in [4.69, 9.17) is 0 Å². The van der Waals surface area contributed by atoms with Crippen molar-refractivity contribution in [3.63, 3.8) is 0 Å². The lowest BCUT2D eigenvalue weighted by atomic mass is 10.2. The molecular formula is C13H20N3OS+. The van der Waals surface area contributed by atoms with E-state index in [9.17, 15) is 4.79 Å². The van der Waals surface area contributed by atoms with E-state index >= 15 is 0 Å². The fourth-order valence-electron chi connectivity index (χ4n) is 2.16. The molecule has 0 unspecified atom stereocenters. The van der Waals surface area contributed by atoms with Crippen LogP contribution in [0.5, 0.6) is 0 Å². The van der Waals surface area contributed by atoms with Gasteiger partial charge in [-0.25, -0.2) is 4.98 Å². The van der Waals surface area contributed by atoms with Crippen molar-refractivity contribution in [3.8, 4) is 0 Å². The Morgan fingerprint density at radius 2 is 1.94 bits per heavy atom. The monoisotopic (exact) mass is 266 g/mol. The van der Waals surface area contributed by atoms with Crippen LogP contribution in [0.3, 0.4) is 0 Å². The highest BCUT2D eigenvalue weighted by atomic mass is 32.1. The Hall–Kier alpha value is -1.20. The third-order valence-electron chi connectivity index (χ3n) is 3.16. The maximum Gasteiger partial charge on any atom is 0.260 e. The van der Waals surface area contributed by atoms with E-state index in [-0.39, 0.29) is 11.6 Å². The van der Waals surface area contributed by atoms with Gasteiger partial charge in [-0.3, -0.25) is 4.79 Å². The number of rotatable bonds is 3. The van der Waals surface area contributed by atoms with Crippen molar-refractivity contribution in [3.05, 3.63) is 26.6 Å². The van der Waals surface area contributed by atoms with Gasteiger partial charge in [0.2, 0.25) is 0 Å².